The van der Waals surface area contributed by atoms with E-state index in [1.165, 1.54) is 10.4 Å². The summed E-state index contributed by atoms with van der Waals surface area (Å²) in [6, 6.07) is 14.1. The lowest BCUT2D eigenvalue weighted by molar-refractivity contribution is 0.0946. The quantitative estimate of drug-likeness (QED) is 0.647. The molecule has 0 saturated carbocycles. The van der Waals surface area contributed by atoms with Crippen molar-refractivity contribution in [1.29, 1.82) is 0 Å². The predicted molar refractivity (Wildman–Crippen MR) is 117 cm³/mol. The van der Waals surface area contributed by atoms with Crippen LogP contribution >= 0.6 is 0 Å². The van der Waals surface area contributed by atoms with Crippen LogP contribution in [-0.4, -0.2) is 44.9 Å². The molecule has 1 amide bonds. The maximum absolute atomic E-state index is 12.8. The molecule has 1 aliphatic heterocycles. The highest BCUT2D eigenvalue weighted by molar-refractivity contribution is 7.89. The average molecular weight is 431 g/mol. The molecule has 0 atom stereocenters. The van der Waals surface area contributed by atoms with Crippen LogP contribution < -0.4 is 10.1 Å². The summed E-state index contributed by atoms with van der Waals surface area (Å²) in [6.45, 7) is 5.95. The zero-order valence-corrected chi connectivity index (χ0v) is 18.5. The first-order chi connectivity index (χ1) is 14.4. The summed E-state index contributed by atoms with van der Waals surface area (Å²) in [4.78, 5) is 12.7. The van der Waals surface area contributed by atoms with E-state index < -0.39 is 10.0 Å². The van der Waals surface area contributed by atoms with Gasteiger partial charge in [-0.1, -0.05) is 44.5 Å². The molecule has 0 radical (unpaired) electrons. The van der Waals surface area contributed by atoms with E-state index in [4.69, 9.17) is 4.74 Å². The highest BCUT2D eigenvalue weighted by atomic mass is 32.2. The van der Waals surface area contributed by atoms with E-state index in [0.29, 0.717) is 37.7 Å². The van der Waals surface area contributed by atoms with Gasteiger partial charge >= 0.3 is 0 Å². The van der Waals surface area contributed by atoms with Crippen LogP contribution in [0.3, 0.4) is 0 Å². The number of sulfonamides is 1. The van der Waals surface area contributed by atoms with E-state index in [-0.39, 0.29) is 10.8 Å². The summed E-state index contributed by atoms with van der Waals surface area (Å²) in [7, 11) is -3.56. The van der Waals surface area contributed by atoms with Crippen molar-refractivity contribution in [3.63, 3.8) is 0 Å². The van der Waals surface area contributed by atoms with Gasteiger partial charge in [-0.3, -0.25) is 4.79 Å². The Hall–Kier alpha value is -2.38. The molecule has 1 aliphatic rings. The van der Waals surface area contributed by atoms with Gasteiger partial charge in [0.2, 0.25) is 10.0 Å². The largest absolute Gasteiger partial charge is 0.491 e. The summed E-state index contributed by atoms with van der Waals surface area (Å²) in [5.41, 5.74) is 1.45. The smallest absolute Gasteiger partial charge is 0.251 e. The molecule has 2 aromatic rings. The first-order valence-electron chi connectivity index (χ1n) is 10.5. The van der Waals surface area contributed by atoms with Crippen LogP contribution in [0.1, 0.15) is 54.9 Å². The van der Waals surface area contributed by atoms with E-state index in [1.54, 1.807) is 18.2 Å². The summed E-state index contributed by atoms with van der Waals surface area (Å²) in [6.07, 6.45) is 2.80. The van der Waals surface area contributed by atoms with Crippen molar-refractivity contribution in [1.82, 2.24) is 9.62 Å². The number of piperidine rings is 1. The zero-order valence-electron chi connectivity index (χ0n) is 17.6. The molecule has 7 heteroatoms. The van der Waals surface area contributed by atoms with Gasteiger partial charge in [0.15, 0.2) is 0 Å². The molecule has 162 valence electrons. The number of nitrogens with one attached hydrogen (secondary N) is 1. The molecule has 0 spiro atoms. The highest BCUT2D eigenvalue weighted by Crippen LogP contribution is 2.25. The highest BCUT2D eigenvalue weighted by Gasteiger charge is 2.26. The number of nitrogens with zero attached hydrogens (tertiary/aromatic N) is 1. The second kappa shape index (κ2) is 10.1. The monoisotopic (exact) mass is 430 g/mol. The number of hydrogen-bond acceptors (Lipinski definition) is 4. The van der Waals surface area contributed by atoms with Crippen LogP contribution in [0.25, 0.3) is 0 Å². The number of amides is 1. The molecule has 6 nitrogen and oxygen atoms in total. The maximum atomic E-state index is 12.8. The number of carbonyl (C=O) groups is 1. The van der Waals surface area contributed by atoms with Crippen molar-refractivity contribution >= 4 is 15.9 Å². The first-order valence-corrected chi connectivity index (χ1v) is 11.9. The van der Waals surface area contributed by atoms with Crippen LogP contribution in [0.2, 0.25) is 0 Å². The number of para-hydroxylation sites is 1. The van der Waals surface area contributed by atoms with Gasteiger partial charge in [0, 0.05) is 18.7 Å². The molecule has 1 saturated heterocycles. The first kappa shape index (κ1) is 22.3. The van der Waals surface area contributed by atoms with E-state index in [0.717, 1.165) is 30.6 Å². The van der Waals surface area contributed by atoms with Gasteiger partial charge in [0.1, 0.15) is 12.4 Å². The summed E-state index contributed by atoms with van der Waals surface area (Å²) in [5, 5.41) is 2.80. The minimum Gasteiger partial charge on any atom is -0.491 e. The van der Waals surface area contributed by atoms with Gasteiger partial charge in [-0.15, -0.1) is 0 Å². The lowest BCUT2D eigenvalue weighted by Gasteiger charge is -2.26. The standard InChI is InChI=1S/C23H30N2O4S/c1-18(2)21-11-4-5-12-22(21)29-16-13-24-23(26)19-9-8-10-20(17-19)30(27,28)25-14-6-3-7-15-25/h4-5,8-12,17-18H,3,6-7,13-16H2,1-2H3,(H,24,26). The molecule has 1 N–H and O–H groups in total. The van der Waals surface area contributed by atoms with E-state index in [1.807, 2.05) is 24.3 Å². The van der Waals surface area contributed by atoms with Crippen LogP contribution in [0, 0.1) is 0 Å². The third-order valence-corrected chi connectivity index (χ3v) is 7.13. The summed E-state index contributed by atoms with van der Waals surface area (Å²) in [5.74, 6) is 0.850. The van der Waals surface area contributed by atoms with Crippen LogP contribution in [-0.2, 0) is 10.0 Å². The molecule has 3 rings (SSSR count). The fourth-order valence-electron chi connectivity index (χ4n) is 3.57. The van der Waals surface area contributed by atoms with Crippen molar-refractivity contribution in [3.05, 3.63) is 59.7 Å². The molecule has 0 aromatic heterocycles. The summed E-state index contributed by atoms with van der Waals surface area (Å²) >= 11 is 0. The third kappa shape index (κ3) is 5.40. The Balaban J connectivity index is 1.58. The third-order valence-electron chi connectivity index (χ3n) is 5.24. The van der Waals surface area contributed by atoms with Gasteiger partial charge in [-0.05, 0) is 48.6 Å². The maximum Gasteiger partial charge on any atom is 0.251 e. The Bertz CT molecular complexity index is 967. The Labute approximate surface area is 179 Å². The topological polar surface area (TPSA) is 75.7 Å². The molecular weight excluding hydrogens is 400 g/mol. The fraction of sp³-hybridized carbons (Fsp3) is 0.435. The van der Waals surface area contributed by atoms with E-state index in [9.17, 15) is 13.2 Å². The van der Waals surface area contributed by atoms with Gasteiger partial charge in [0.05, 0.1) is 11.4 Å². The molecule has 2 aromatic carbocycles. The molecule has 0 aliphatic carbocycles. The number of carbonyl (C=O) groups excluding carboxylic acids is 1. The van der Waals surface area contributed by atoms with Gasteiger partial charge in [-0.2, -0.15) is 4.31 Å². The Morgan fingerprint density at radius 1 is 1.07 bits per heavy atom. The fourth-order valence-corrected chi connectivity index (χ4v) is 5.13. The van der Waals surface area contributed by atoms with Crippen molar-refractivity contribution < 1.29 is 17.9 Å². The van der Waals surface area contributed by atoms with Crippen molar-refractivity contribution in [2.45, 2.75) is 43.9 Å². The molecule has 0 bridgehead atoms. The second-order valence-electron chi connectivity index (χ2n) is 7.79. The molecule has 1 heterocycles. The van der Waals surface area contributed by atoms with Crippen molar-refractivity contribution in [3.8, 4) is 5.75 Å². The van der Waals surface area contributed by atoms with E-state index >= 15 is 0 Å². The van der Waals surface area contributed by atoms with Crippen LogP contribution in [0.4, 0.5) is 0 Å². The molecule has 0 unspecified atom stereocenters. The Morgan fingerprint density at radius 2 is 1.80 bits per heavy atom. The zero-order chi connectivity index (χ0) is 21.6. The minimum atomic E-state index is -3.56. The SMILES string of the molecule is CC(C)c1ccccc1OCCNC(=O)c1cccc(S(=O)(=O)N2CCCCC2)c1. The Morgan fingerprint density at radius 3 is 2.53 bits per heavy atom. The lowest BCUT2D eigenvalue weighted by atomic mass is 10.0. The van der Waals surface area contributed by atoms with Crippen molar-refractivity contribution in [2.24, 2.45) is 0 Å². The number of benzene rings is 2. The minimum absolute atomic E-state index is 0.166. The number of hydrogen-bond donors (Lipinski definition) is 1. The van der Waals surface area contributed by atoms with Gasteiger partial charge in [-0.25, -0.2) is 8.42 Å². The van der Waals surface area contributed by atoms with Crippen LogP contribution in [0.15, 0.2) is 53.4 Å². The summed E-state index contributed by atoms with van der Waals surface area (Å²) < 4.78 is 33.0. The second-order valence-corrected chi connectivity index (χ2v) is 9.73. The molecule has 30 heavy (non-hydrogen) atoms. The van der Waals surface area contributed by atoms with E-state index in [2.05, 4.69) is 19.2 Å². The lowest BCUT2D eigenvalue weighted by Crippen LogP contribution is -2.35. The van der Waals surface area contributed by atoms with Gasteiger partial charge in [0.25, 0.3) is 5.91 Å². The van der Waals surface area contributed by atoms with Crippen LogP contribution in [0.5, 0.6) is 5.75 Å². The van der Waals surface area contributed by atoms with Crippen molar-refractivity contribution in [2.75, 3.05) is 26.2 Å². The molecule has 1 fully saturated rings. The Kier molecular flexibility index (Phi) is 7.50. The normalized spacial score (nSPS) is 15.2. The number of rotatable bonds is 8. The molecular formula is C23H30N2O4S. The number of ether oxygens (including phenoxy) is 1. The average Bonchev–Trinajstić information content (AvgIpc) is 2.77. The van der Waals surface area contributed by atoms with Gasteiger partial charge < -0.3 is 10.1 Å². The predicted octanol–water partition coefficient (Wildman–Crippen LogP) is 3.79.